The third-order valence-electron chi connectivity index (χ3n) is 4.22. The summed E-state index contributed by atoms with van der Waals surface area (Å²) in [4.78, 5) is 13.0. The smallest absolute Gasteiger partial charge is 0.260 e. The van der Waals surface area contributed by atoms with E-state index in [0.717, 1.165) is 17.7 Å². The van der Waals surface area contributed by atoms with Gasteiger partial charge in [0.1, 0.15) is 0 Å². The maximum absolute atomic E-state index is 12.4. The fraction of sp³-hybridized carbons (Fsp3) is 0.286. The molecule has 0 saturated carbocycles. The third kappa shape index (κ3) is 4.75. The van der Waals surface area contributed by atoms with E-state index in [4.69, 9.17) is 21.1 Å². The zero-order chi connectivity index (χ0) is 20.1. The van der Waals surface area contributed by atoms with Crippen LogP contribution in [0.2, 0.25) is 5.02 Å². The maximum atomic E-state index is 12.4. The molecule has 0 unspecified atom stereocenters. The Kier molecular flexibility index (Phi) is 6.75. The number of anilines is 1. The number of carbonyl (C=O) groups excluding carboxylic acids is 1. The van der Waals surface area contributed by atoms with Crippen molar-refractivity contribution in [3.63, 3.8) is 0 Å². The van der Waals surface area contributed by atoms with Gasteiger partial charge in [0.05, 0.1) is 23.6 Å². The summed E-state index contributed by atoms with van der Waals surface area (Å²) in [7, 11) is 1.55. The number of halogens is 1. The van der Waals surface area contributed by atoms with Gasteiger partial charge in [0.2, 0.25) is 0 Å². The van der Waals surface area contributed by atoms with Crippen molar-refractivity contribution in [1.29, 1.82) is 0 Å². The molecule has 0 aliphatic carbocycles. The quantitative estimate of drug-likeness (QED) is 0.625. The van der Waals surface area contributed by atoms with E-state index >= 15 is 0 Å². The van der Waals surface area contributed by atoms with E-state index in [2.05, 4.69) is 29.7 Å². The number of carbonyl (C=O) groups is 1. The first-order valence-electron chi connectivity index (χ1n) is 9.09. The molecule has 0 spiro atoms. The van der Waals surface area contributed by atoms with Gasteiger partial charge in [-0.25, -0.2) is 0 Å². The molecule has 1 aliphatic rings. The molecule has 0 aromatic heterocycles. The molecule has 1 aliphatic heterocycles. The molecule has 5 nitrogen and oxygen atoms in total. The largest absolute Gasteiger partial charge is 0.491 e. The lowest BCUT2D eigenvalue weighted by atomic mass is 10.1. The number of benzene rings is 2. The van der Waals surface area contributed by atoms with E-state index in [1.165, 1.54) is 17.3 Å². The van der Waals surface area contributed by atoms with Crippen molar-refractivity contribution >= 4 is 41.0 Å². The summed E-state index contributed by atoms with van der Waals surface area (Å²) >= 11 is 7.73. The lowest BCUT2D eigenvalue weighted by molar-refractivity contribution is -0.116. The SMILES string of the molecule is CCOc1cc(/C=C2\S[C@H](Nc3ccc(CC)cc3)NC2=O)cc(Cl)c1OC. The first-order valence-corrected chi connectivity index (χ1v) is 10.3. The molecule has 3 rings (SSSR count). The standard InChI is InChI=1S/C21H23ClN2O3S/c1-4-13-6-8-15(9-7-13)23-21-24-20(25)18(28-21)12-14-10-16(22)19(26-3)17(11-14)27-5-2/h6-12,21,23H,4-5H2,1-3H3,(H,24,25)/b18-12-/t21-/m1/s1. The molecular weight excluding hydrogens is 396 g/mol. The highest BCUT2D eigenvalue weighted by molar-refractivity contribution is 8.05. The summed E-state index contributed by atoms with van der Waals surface area (Å²) in [5.74, 6) is 0.917. The van der Waals surface area contributed by atoms with Crippen LogP contribution in [0, 0.1) is 0 Å². The van der Waals surface area contributed by atoms with Gasteiger partial charge >= 0.3 is 0 Å². The highest BCUT2D eigenvalue weighted by Gasteiger charge is 2.27. The Morgan fingerprint density at radius 1 is 1.25 bits per heavy atom. The first kappa shape index (κ1) is 20.4. The molecule has 2 N–H and O–H groups in total. The van der Waals surface area contributed by atoms with Crippen LogP contribution in [-0.4, -0.2) is 25.1 Å². The molecule has 0 radical (unpaired) electrons. The van der Waals surface area contributed by atoms with Crippen molar-refractivity contribution in [1.82, 2.24) is 5.32 Å². The van der Waals surface area contributed by atoms with Gasteiger partial charge in [0, 0.05) is 5.69 Å². The summed E-state index contributed by atoms with van der Waals surface area (Å²) < 4.78 is 10.9. The summed E-state index contributed by atoms with van der Waals surface area (Å²) in [6, 6.07) is 11.8. The molecule has 28 heavy (non-hydrogen) atoms. The molecule has 0 bridgehead atoms. The number of methoxy groups -OCH3 is 1. The maximum Gasteiger partial charge on any atom is 0.260 e. The Morgan fingerprint density at radius 3 is 2.64 bits per heavy atom. The number of thioether (sulfide) groups is 1. The Morgan fingerprint density at radius 2 is 2.00 bits per heavy atom. The van der Waals surface area contributed by atoms with Gasteiger partial charge in [0.25, 0.3) is 5.91 Å². The van der Waals surface area contributed by atoms with Crippen molar-refractivity contribution in [2.45, 2.75) is 25.8 Å². The van der Waals surface area contributed by atoms with Crippen LogP contribution < -0.4 is 20.1 Å². The molecule has 148 valence electrons. The van der Waals surface area contributed by atoms with Crippen molar-refractivity contribution in [2.75, 3.05) is 19.0 Å². The number of nitrogens with one attached hydrogen (secondary N) is 2. The lowest BCUT2D eigenvalue weighted by Gasteiger charge is -2.13. The monoisotopic (exact) mass is 418 g/mol. The number of amides is 1. The van der Waals surface area contributed by atoms with Gasteiger partial charge in [-0.15, -0.1) is 0 Å². The molecule has 2 aromatic rings. The van der Waals surface area contributed by atoms with E-state index in [1.54, 1.807) is 19.3 Å². The van der Waals surface area contributed by atoms with E-state index in [0.29, 0.717) is 28.0 Å². The van der Waals surface area contributed by atoms with Crippen LogP contribution in [0.5, 0.6) is 11.5 Å². The fourth-order valence-corrected chi connectivity index (χ4v) is 4.12. The molecule has 1 saturated heterocycles. The van der Waals surface area contributed by atoms with Crippen molar-refractivity contribution in [3.05, 3.63) is 57.5 Å². The number of rotatable bonds is 7. The zero-order valence-electron chi connectivity index (χ0n) is 16.0. The van der Waals surface area contributed by atoms with Crippen LogP contribution >= 0.6 is 23.4 Å². The van der Waals surface area contributed by atoms with Gasteiger partial charge in [-0.05, 0) is 54.8 Å². The van der Waals surface area contributed by atoms with Crippen LogP contribution in [0.25, 0.3) is 6.08 Å². The highest BCUT2D eigenvalue weighted by atomic mass is 35.5. The minimum atomic E-state index is -0.230. The van der Waals surface area contributed by atoms with Crippen molar-refractivity contribution < 1.29 is 14.3 Å². The molecular formula is C21H23ClN2O3S. The first-order chi connectivity index (χ1) is 13.5. The summed E-state index contributed by atoms with van der Waals surface area (Å²) in [5.41, 5.74) is 2.78. The second-order valence-corrected chi connectivity index (χ2v) is 7.70. The molecule has 7 heteroatoms. The van der Waals surface area contributed by atoms with E-state index in [1.807, 2.05) is 25.1 Å². The fourth-order valence-electron chi connectivity index (χ4n) is 2.84. The second-order valence-electron chi connectivity index (χ2n) is 6.14. The van der Waals surface area contributed by atoms with Crippen molar-refractivity contribution in [2.24, 2.45) is 0 Å². The number of hydrogen-bond donors (Lipinski definition) is 2. The lowest BCUT2D eigenvalue weighted by Crippen LogP contribution is -2.30. The topological polar surface area (TPSA) is 59.6 Å². The average molecular weight is 419 g/mol. The predicted molar refractivity (Wildman–Crippen MR) is 116 cm³/mol. The predicted octanol–water partition coefficient (Wildman–Crippen LogP) is 4.91. The van der Waals surface area contributed by atoms with E-state index in [-0.39, 0.29) is 11.4 Å². The molecule has 1 heterocycles. The molecule has 1 amide bonds. The van der Waals surface area contributed by atoms with E-state index in [9.17, 15) is 4.79 Å². The van der Waals surface area contributed by atoms with Gasteiger partial charge in [-0.2, -0.15) is 0 Å². The summed E-state index contributed by atoms with van der Waals surface area (Å²) in [6.07, 6.45) is 2.80. The minimum absolute atomic E-state index is 0.127. The zero-order valence-corrected chi connectivity index (χ0v) is 17.6. The second kappa shape index (κ2) is 9.26. The third-order valence-corrected chi connectivity index (χ3v) is 5.53. The van der Waals surface area contributed by atoms with Gasteiger partial charge in [0.15, 0.2) is 17.0 Å². The van der Waals surface area contributed by atoms with Gasteiger partial charge < -0.3 is 20.1 Å². The average Bonchev–Trinajstić information content (AvgIpc) is 3.01. The summed E-state index contributed by atoms with van der Waals surface area (Å²) in [5, 5.41) is 6.69. The van der Waals surface area contributed by atoms with Crippen LogP contribution in [0.1, 0.15) is 25.0 Å². The van der Waals surface area contributed by atoms with Crippen molar-refractivity contribution in [3.8, 4) is 11.5 Å². The molecule has 1 fully saturated rings. The molecule has 2 aromatic carbocycles. The Bertz CT molecular complexity index is 884. The Hall–Kier alpha value is -2.31. The summed E-state index contributed by atoms with van der Waals surface area (Å²) in [6.45, 7) is 4.50. The van der Waals surface area contributed by atoms with Gasteiger partial charge in [-0.1, -0.05) is 42.4 Å². The van der Waals surface area contributed by atoms with Gasteiger partial charge in [-0.3, -0.25) is 4.79 Å². The Balaban J connectivity index is 1.76. The van der Waals surface area contributed by atoms with Crippen LogP contribution in [-0.2, 0) is 11.2 Å². The normalized spacial score (nSPS) is 17.5. The number of ether oxygens (including phenoxy) is 2. The van der Waals surface area contributed by atoms with Crippen LogP contribution in [0.3, 0.4) is 0 Å². The number of hydrogen-bond acceptors (Lipinski definition) is 5. The minimum Gasteiger partial charge on any atom is -0.491 e. The van der Waals surface area contributed by atoms with Crippen LogP contribution in [0.15, 0.2) is 41.3 Å². The highest BCUT2D eigenvalue weighted by Crippen LogP contribution is 2.38. The van der Waals surface area contributed by atoms with E-state index < -0.39 is 0 Å². The van der Waals surface area contributed by atoms with Crippen LogP contribution in [0.4, 0.5) is 5.69 Å². The number of aryl methyl sites for hydroxylation is 1. The molecule has 1 atom stereocenters. The Labute approximate surface area is 174 Å².